The van der Waals surface area contributed by atoms with Gasteiger partial charge in [0.15, 0.2) is 10.1 Å². The van der Waals surface area contributed by atoms with Gasteiger partial charge in [0.25, 0.3) is 0 Å². The molecule has 4 nitrogen and oxygen atoms in total. The highest BCUT2D eigenvalue weighted by molar-refractivity contribution is 8.01. The summed E-state index contributed by atoms with van der Waals surface area (Å²) in [6.07, 6.45) is 2.76. The Hall–Kier alpha value is -2.44. The molecule has 6 heteroatoms. The van der Waals surface area contributed by atoms with E-state index in [1.807, 2.05) is 48.7 Å². The van der Waals surface area contributed by atoms with Gasteiger partial charge in [-0.1, -0.05) is 78.6 Å². The number of H-pyrrole nitrogens is 1. The molecule has 2 aromatic carbocycles. The fraction of sp³-hybridized carbons (Fsp3) is 0.150. The zero-order valence-electron chi connectivity index (χ0n) is 14.2. The molecule has 0 aliphatic carbocycles. The summed E-state index contributed by atoms with van der Waals surface area (Å²) in [5.74, 6) is 0.0795. The molecule has 0 unspecified atom stereocenters. The number of Topliss-reactive ketones (excluding diaryl/α,β-unsaturated/α-hetero) is 1. The van der Waals surface area contributed by atoms with Gasteiger partial charge in [-0.3, -0.25) is 4.79 Å². The quantitative estimate of drug-likeness (QED) is 0.365. The number of hydrogen-bond acceptors (Lipinski definition) is 5. The van der Waals surface area contributed by atoms with Crippen molar-refractivity contribution in [3.63, 3.8) is 0 Å². The van der Waals surface area contributed by atoms with Crippen LogP contribution in [0.1, 0.15) is 33.7 Å². The first kappa shape index (κ1) is 17.0. The summed E-state index contributed by atoms with van der Waals surface area (Å²) in [7, 11) is 0. The van der Waals surface area contributed by atoms with Crippen LogP contribution in [-0.2, 0) is 6.42 Å². The van der Waals surface area contributed by atoms with Crippen LogP contribution in [0.4, 0.5) is 0 Å². The van der Waals surface area contributed by atoms with Crippen LogP contribution in [-0.4, -0.2) is 21.0 Å². The van der Waals surface area contributed by atoms with Gasteiger partial charge in [0.1, 0.15) is 10.8 Å². The second-order valence-corrected chi connectivity index (χ2v) is 8.06. The van der Waals surface area contributed by atoms with Crippen molar-refractivity contribution < 1.29 is 4.79 Å². The number of carbonyl (C=O) groups is 1. The monoisotopic (exact) mass is 379 g/mol. The van der Waals surface area contributed by atoms with Crippen molar-refractivity contribution >= 4 is 39.8 Å². The molecule has 4 aromatic rings. The van der Waals surface area contributed by atoms with Gasteiger partial charge in [-0.05, 0) is 17.5 Å². The van der Waals surface area contributed by atoms with E-state index in [9.17, 15) is 4.79 Å². The fourth-order valence-corrected chi connectivity index (χ4v) is 4.81. The minimum atomic E-state index is -0.353. The van der Waals surface area contributed by atoms with Crippen LogP contribution < -0.4 is 0 Å². The maximum Gasteiger partial charge on any atom is 0.182 e. The Labute approximate surface area is 159 Å². The summed E-state index contributed by atoms with van der Waals surface area (Å²) in [5.41, 5.74) is 5.65. The number of nitrogens with one attached hydrogen (secondary N) is 1. The van der Waals surface area contributed by atoms with Crippen molar-refractivity contribution in [1.82, 2.24) is 15.2 Å². The maximum absolute atomic E-state index is 13.5. The number of aryl methyl sites for hydroxylation is 1. The highest BCUT2D eigenvalue weighted by atomic mass is 32.2. The predicted molar refractivity (Wildman–Crippen MR) is 107 cm³/mol. The van der Waals surface area contributed by atoms with Crippen molar-refractivity contribution in [2.24, 2.45) is 0 Å². The summed E-state index contributed by atoms with van der Waals surface area (Å²) in [6.45, 7) is 2.12. The molecule has 130 valence electrons. The minimum absolute atomic E-state index is 0.0795. The molecule has 4 rings (SSSR count). The SMILES string of the molecule is CCc1cccc2c(C(=O)[C@@H](Sc3nncs3)c3ccccc3)c[nH]c12. The summed E-state index contributed by atoms with van der Waals surface area (Å²) in [4.78, 5) is 16.8. The second kappa shape index (κ2) is 7.43. The topological polar surface area (TPSA) is 58.6 Å². The normalized spacial score (nSPS) is 12.3. The summed E-state index contributed by atoms with van der Waals surface area (Å²) < 4.78 is 0.793. The number of carbonyl (C=O) groups excluding carboxylic acids is 1. The Kier molecular flexibility index (Phi) is 4.86. The molecule has 0 saturated carbocycles. The first-order valence-corrected chi connectivity index (χ1v) is 10.1. The molecular weight excluding hydrogens is 362 g/mol. The maximum atomic E-state index is 13.5. The van der Waals surface area contributed by atoms with E-state index in [-0.39, 0.29) is 11.0 Å². The van der Waals surface area contributed by atoms with Gasteiger partial charge in [-0.15, -0.1) is 10.2 Å². The van der Waals surface area contributed by atoms with Gasteiger partial charge in [-0.2, -0.15) is 0 Å². The van der Waals surface area contributed by atoms with Gasteiger partial charge in [0.05, 0.1) is 0 Å². The fourth-order valence-electron chi connectivity index (χ4n) is 3.07. The third kappa shape index (κ3) is 3.18. The first-order chi connectivity index (χ1) is 12.8. The molecule has 0 bridgehead atoms. The molecule has 0 radical (unpaired) electrons. The third-order valence-corrected chi connectivity index (χ3v) is 6.41. The Balaban J connectivity index is 1.77. The summed E-state index contributed by atoms with van der Waals surface area (Å²) in [6, 6.07) is 16.0. The second-order valence-electron chi connectivity index (χ2n) is 5.87. The minimum Gasteiger partial charge on any atom is -0.360 e. The number of rotatable bonds is 6. The van der Waals surface area contributed by atoms with E-state index >= 15 is 0 Å². The van der Waals surface area contributed by atoms with Crippen molar-refractivity contribution in [2.45, 2.75) is 22.9 Å². The lowest BCUT2D eigenvalue weighted by Gasteiger charge is -2.14. The Bertz CT molecular complexity index is 1030. The van der Waals surface area contributed by atoms with Crippen LogP contribution in [0.2, 0.25) is 0 Å². The van der Waals surface area contributed by atoms with Crippen molar-refractivity contribution in [2.75, 3.05) is 0 Å². The molecule has 2 heterocycles. The molecule has 0 fully saturated rings. The highest BCUT2D eigenvalue weighted by Gasteiger charge is 2.26. The van der Waals surface area contributed by atoms with Crippen molar-refractivity contribution in [3.05, 3.63) is 76.9 Å². The zero-order valence-corrected chi connectivity index (χ0v) is 15.8. The molecule has 2 aromatic heterocycles. The van der Waals surface area contributed by atoms with Gasteiger partial charge < -0.3 is 4.98 Å². The molecular formula is C20H17N3OS2. The van der Waals surface area contributed by atoms with Gasteiger partial charge >= 0.3 is 0 Å². The molecule has 26 heavy (non-hydrogen) atoms. The zero-order chi connectivity index (χ0) is 17.9. The van der Waals surface area contributed by atoms with Gasteiger partial charge in [-0.25, -0.2) is 0 Å². The molecule has 1 N–H and O–H groups in total. The predicted octanol–water partition coefficient (Wildman–Crippen LogP) is 5.30. The van der Waals surface area contributed by atoms with E-state index in [4.69, 9.17) is 0 Å². The van der Waals surface area contributed by atoms with E-state index in [1.165, 1.54) is 28.7 Å². The van der Waals surface area contributed by atoms with E-state index in [2.05, 4.69) is 28.2 Å². The summed E-state index contributed by atoms with van der Waals surface area (Å²) in [5, 5.41) is 8.63. The number of hydrogen-bond donors (Lipinski definition) is 1. The van der Waals surface area contributed by atoms with Crippen LogP contribution in [0, 0.1) is 0 Å². The van der Waals surface area contributed by atoms with Gasteiger partial charge in [0, 0.05) is 22.7 Å². The number of para-hydroxylation sites is 1. The lowest BCUT2D eigenvalue weighted by Crippen LogP contribution is -2.09. The standard InChI is InChI=1S/C20H17N3OS2/c1-2-13-9-6-10-15-16(11-21-17(13)15)18(24)19(14-7-4-3-5-8-14)26-20-23-22-12-25-20/h3-12,19,21H,2H2,1H3/t19-/m0/s1. The molecule has 0 aliphatic rings. The Morgan fingerprint density at radius 2 is 2.04 bits per heavy atom. The lowest BCUT2D eigenvalue weighted by molar-refractivity contribution is 0.0991. The molecule has 1 atom stereocenters. The molecule has 0 saturated heterocycles. The van der Waals surface area contributed by atoms with E-state index in [0.29, 0.717) is 0 Å². The van der Waals surface area contributed by atoms with Crippen LogP contribution in [0.3, 0.4) is 0 Å². The number of nitrogens with zero attached hydrogens (tertiary/aromatic N) is 2. The molecule has 0 aliphatic heterocycles. The lowest BCUT2D eigenvalue weighted by atomic mass is 10.0. The van der Waals surface area contributed by atoms with Crippen LogP contribution in [0.25, 0.3) is 10.9 Å². The smallest absolute Gasteiger partial charge is 0.182 e. The van der Waals surface area contributed by atoms with E-state index < -0.39 is 0 Å². The molecule has 0 spiro atoms. The van der Waals surface area contributed by atoms with E-state index in [1.54, 1.807) is 5.51 Å². The summed E-state index contributed by atoms with van der Waals surface area (Å²) >= 11 is 2.91. The number of ketones is 1. The average Bonchev–Trinajstić information content (AvgIpc) is 3.35. The number of aromatic amines is 1. The highest BCUT2D eigenvalue weighted by Crippen LogP contribution is 2.39. The third-order valence-electron chi connectivity index (χ3n) is 4.35. The number of fused-ring (bicyclic) bond motifs is 1. The number of benzene rings is 2. The number of aromatic nitrogens is 3. The number of thioether (sulfide) groups is 1. The Morgan fingerprint density at radius 3 is 2.77 bits per heavy atom. The van der Waals surface area contributed by atoms with Crippen LogP contribution >= 0.6 is 23.1 Å². The van der Waals surface area contributed by atoms with E-state index in [0.717, 1.165) is 32.8 Å². The van der Waals surface area contributed by atoms with Crippen LogP contribution in [0.15, 0.2) is 64.6 Å². The van der Waals surface area contributed by atoms with Crippen molar-refractivity contribution in [3.8, 4) is 0 Å². The van der Waals surface area contributed by atoms with Crippen LogP contribution in [0.5, 0.6) is 0 Å². The Morgan fingerprint density at radius 1 is 1.19 bits per heavy atom. The van der Waals surface area contributed by atoms with Gasteiger partial charge in [0.2, 0.25) is 0 Å². The molecule has 0 amide bonds. The van der Waals surface area contributed by atoms with Crippen molar-refractivity contribution in [1.29, 1.82) is 0 Å². The first-order valence-electron chi connectivity index (χ1n) is 8.39. The average molecular weight is 380 g/mol. The largest absolute Gasteiger partial charge is 0.360 e.